The van der Waals surface area contributed by atoms with Crippen molar-refractivity contribution < 1.29 is 14.4 Å². The summed E-state index contributed by atoms with van der Waals surface area (Å²) in [4.78, 5) is 43.8. The molecule has 1 aliphatic carbocycles. The average molecular weight is 377 g/mol. The first-order valence-electron chi connectivity index (χ1n) is 9.73. The minimum atomic E-state index is -0.259. The van der Waals surface area contributed by atoms with E-state index in [0.717, 1.165) is 31.2 Å². The molecule has 2 aliphatic rings. The van der Waals surface area contributed by atoms with E-state index < -0.39 is 0 Å². The first kappa shape index (κ1) is 18.3. The van der Waals surface area contributed by atoms with Crippen molar-refractivity contribution in [2.75, 3.05) is 11.9 Å². The van der Waals surface area contributed by atoms with Crippen LogP contribution in [0.25, 0.3) is 0 Å². The lowest BCUT2D eigenvalue weighted by Gasteiger charge is -2.32. The average Bonchev–Trinajstić information content (AvgIpc) is 2.94. The summed E-state index contributed by atoms with van der Waals surface area (Å²) < 4.78 is 0. The molecule has 1 N–H and O–H groups in total. The van der Waals surface area contributed by atoms with Gasteiger partial charge in [0.15, 0.2) is 0 Å². The highest BCUT2D eigenvalue weighted by molar-refractivity contribution is 6.21. The van der Waals surface area contributed by atoms with Crippen LogP contribution in [0.2, 0.25) is 0 Å². The zero-order valence-corrected chi connectivity index (χ0v) is 15.9. The number of carbonyl (C=O) groups is 3. The second-order valence-corrected chi connectivity index (χ2v) is 7.63. The Kier molecular flexibility index (Phi) is 4.94. The van der Waals surface area contributed by atoms with Gasteiger partial charge in [-0.15, -0.1) is 0 Å². The van der Waals surface area contributed by atoms with E-state index in [1.807, 2.05) is 19.1 Å². The van der Waals surface area contributed by atoms with Gasteiger partial charge in [0.05, 0.1) is 11.1 Å². The zero-order chi connectivity index (χ0) is 19.7. The van der Waals surface area contributed by atoms with Gasteiger partial charge in [0.25, 0.3) is 11.8 Å². The van der Waals surface area contributed by atoms with Crippen LogP contribution in [0.1, 0.15) is 52.0 Å². The number of anilines is 1. The number of nitrogens with one attached hydrogen (secondary N) is 1. The summed E-state index contributed by atoms with van der Waals surface area (Å²) in [5.74, 6) is -0.341. The first-order chi connectivity index (χ1) is 13.5. The van der Waals surface area contributed by atoms with Gasteiger partial charge < -0.3 is 5.32 Å². The van der Waals surface area contributed by atoms with Crippen LogP contribution in [0.3, 0.4) is 0 Å². The molecule has 28 heavy (non-hydrogen) atoms. The third-order valence-electron chi connectivity index (χ3n) is 5.71. The summed E-state index contributed by atoms with van der Waals surface area (Å²) in [6.07, 6.45) is 5.22. The van der Waals surface area contributed by atoms with Crippen molar-refractivity contribution in [2.24, 2.45) is 11.8 Å². The number of rotatable bonds is 4. The second-order valence-electron chi connectivity index (χ2n) is 7.63. The summed E-state index contributed by atoms with van der Waals surface area (Å²) in [6.45, 7) is 2.23. The van der Waals surface area contributed by atoms with Crippen molar-refractivity contribution >= 4 is 23.5 Å². The van der Waals surface area contributed by atoms with E-state index in [1.165, 1.54) is 4.90 Å². The van der Waals surface area contributed by atoms with Crippen molar-refractivity contribution in [3.05, 3.63) is 59.3 Å². The molecule has 1 aromatic carbocycles. The van der Waals surface area contributed by atoms with Gasteiger partial charge in [-0.3, -0.25) is 19.3 Å². The number of aromatic nitrogens is 1. The molecule has 2 heterocycles. The Morgan fingerprint density at radius 3 is 2.46 bits per heavy atom. The Morgan fingerprint density at radius 1 is 1.11 bits per heavy atom. The number of imide groups is 1. The molecule has 3 amide bonds. The number of hydrogen-bond acceptors (Lipinski definition) is 4. The molecule has 2 unspecified atom stereocenters. The van der Waals surface area contributed by atoms with Gasteiger partial charge >= 0.3 is 0 Å². The Balaban J connectivity index is 1.49. The topological polar surface area (TPSA) is 79.4 Å². The lowest BCUT2D eigenvalue weighted by molar-refractivity contribution is -0.122. The summed E-state index contributed by atoms with van der Waals surface area (Å²) >= 11 is 0. The predicted molar refractivity (Wildman–Crippen MR) is 105 cm³/mol. The van der Waals surface area contributed by atoms with Crippen molar-refractivity contribution in [3.63, 3.8) is 0 Å². The van der Waals surface area contributed by atoms with Gasteiger partial charge in [-0.05, 0) is 55.5 Å². The molecule has 6 nitrogen and oxygen atoms in total. The summed E-state index contributed by atoms with van der Waals surface area (Å²) in [5, 5.41) is 2.91. The van der Waals surface area contributed by atoms with Gasteiger partial charge in [-0.25, -0.2) is 4.98 Å². The van der Waals surface area contributed by atoms with Crippen LogP contribution >= 0.6 is 0 Å². The highest BCUT2D eigenvalue weighted by Crippen LogP contribution is 2.34. The molecule has 0 saturated heterocycles. The maximum atomic E-state index is 12.9. The van der Waals surface area contributed by atoms with Crippen LogP contribution in [0, 0.1) is 18.8 Å². The molecular formula is C22H23N3O3. The normalized spacial score (nSPS) is 21.5. The number of amides is 3. The predicted octanol–water partition coefficient (Wildman–Crippen LogP) is 3.43. The lowest BCUT2D eigenvalue weighted by atomic mass is 9.78. The highest BCUT2D eigenvalue weighted by atomic mass is 16.2. The smallest absolute Gasteiger partial charge is 0.261 e. The maximum absolute atomic E-state index is 12.9. The molecule has 1 saturated carbocycles. The number of aryl methyl sites for hydroxylation is 1. The fraction of sp³-hybridized carbons (Fsp3) is 0.364. The van der Waals surface area contributed by atoms with E-state index in [9.17, 15) is 14.4 Å². The zero-order valence-electron chi connectivity index (χ0n) is 15.9. The SMILES string of the molecule is Cc1ccnc(NC(=O)C2CCCCC2CN2C(=O)c3ccccc3C2=O)c1. The quantitative estimate of drug-likeness (QED) is 0.828. The Hall–Kier alpha value is -3.02. The Bertz CT molecular complexity index is 905. The van der Waals surface area contributed by atoms with Gasteiger partial charge in [0.2, 0.25) is 5.91 Å². The second kappa shape index (κ2) is 7.54. The molecule has 0 radical (unpaired) electrons. The van der Waals surface area contributed by atoms with E-state index >= 15 is 0 Å². The lowest BCUT2D eigenvalue weighted by Crippen LogP contribution is -2.41. The van der Waals surface area contributed by atoms with Crippen LogP contribution in [-0.2, 0) is 4.79 Å². The molecule has 144 valence electrons. The number of pyridine rings is 1. The van der Waals surface area contributed by atoms with Crippen molar-refractivity contribution in [3.8, 4) is 0 Å². The number of carbonyl (C=O) groups excluding carboxylic acids is 3. The van der Waals surface area contributed by atoms with Crippen LogP contribution in [0.15, 0.2) is 42.6 Å². The monoisotopic (exact) mass is 377 g/mol. The molecule has 4 rings (SSSR count). The van der Waals surface area contributed by atoms with E-state index in [4.69, 9.17) is 0 Å². The third kappa shape index (κ3) is 3.42. The van der Waals surface area contributed by atoms with Crippen molar-refractivity contribution in [1.29, 1.82) is 0 Å². The van der Waals surface area contributed by atoms with Gasteiger partial charge in [-0.2, -0.15) is 0 Å². The number of nitrogens with zero attached hydrogens (tertiary/aromatic N) is 2. The molecule has 2 aromatic rings. The summed E-state index contributed by atoms with van der Waals surface area (Å²) in [7, 11) is 0. The molecule has 1 fully saturated rings. The number of benzene rings is 1. The van der Waals surface area contributed by atoms with Gasteiger partial charge in [-0.1, -0.05) is 25.0 Å². The standard InChI is InChI=1S/C22H23N3O3/c1-14-10-11-23-19(12-14)24-20(26)16-7-3-2-6-15(16)13-25-21(27)17-8-4-5-9-18(17)22(25)28/h4-5,8-12,15-16H,2-3,6-7,13H2,1H3,(H,23,24,26). The molecule has 1 aliphatic heterocycles. The minimum absolute atomic E-state index is 0.0410. The minimum Gasteiger partial charge on any atom is -0.310 e. The Morgan fingerprint density at radius 2 is 1.79 bits per heavy atom. The van der Waals surface area contributed by atoms with E-state index in [-0.39, 0.29) is 36.1 Å². The summed E-state index contributed by atoms with van der Waals surface area (Å²) in [5.41, 5.74) is 1.93. The summed E-state index contributed by atoms with van der Waals surface area (Å²) in [6, 6.07) is 10.6. The van der Waals surface area contributed by atoms with Crippen LogP contribution in [0.5, 0.6) is 0 Å². The third-order valence-corrected chi connectivity index (χ3v) is 5.71. The molecule has 0 spiro atoms. The van der Waals surface area contributed by atoms with Crippen LogP contribution in [0.4, 0.5) is 5.82 Å². The molecular weight excluding hydrogens is 354 g/mol. The van der Waals surface area contributed by atoms with Crippen LogP contribution in [-0.4, -0.2) is 34.2 Å². The fourth-order valence-corrected chi connectivity index (χ4v) is 4.23. The van der Waals surface area contributed by atoms with E-state index in [0.29, 0.717) is 16.9 Å². The first-order valence-corrected chi connectivity index (χ1v) is 9.73. The molecule has 6 heteroatoms. The van der Waals surface area contributed by atoms with Gasteiger partial charge in [0, 0.05) is 18.7 Å². The molecule has 1 aromatic heterocycles. The highest BCUT2D eigenvalue weighted by Gasteiger charge is 2.40. The van der Waals surface area contributed by atoms with E-state index in [2.05, 4.69) is 10.3 Å². The number of hydrogen-bond donors (Lipinski definition) is 1. The number of fused-ring (bicyclic) bond motifs is 1. The molecule has 2 atom stereocenters. The largest absolute Gasteiger partial charge is 0.310 e. The fourth-order valence-electron chi connectivity index (χ4n) is 4.23. The maximum Gasteiger partial charge on any atom is 0.261 e. The van der Waals surface area contributed by atoms with Crippen molar-refractivity contribution in [2.45, 2.75) is 32.6 Å². The molecule has 0 bridgehead atoms. The van der Waals surface area contributed by atoms with Gasteiger partial charge in [0.1, 0.15) is 5.82 Å². The van der Waals surface area contributed by atoms with E-state index in [1.54, 1.807) is 30.5 Å². The van der Waals surface area contributed by atoms with Crippen molar-refractivity contribution in [1.82, 2.24) is 9.88 Å². The van der Waals surface area contributed by atoms with Crippen LogP contribution < -0.4 is 5.32 Å². The Labute approximate surface area is 164 Å².